The molecule has 1 aliphatic heterocycles. The first kappa shape index (κ1) is 15.5. The van der Waals surface area contributed by atoms with E-state index in [1.54, 1.807) is 0 Å². The van der Waals surface area contributed by atoms with Crippen LogP contribution >= 0.6 is 0 Å². The molecule has 3 nitrogen and oxygen atoms in total. The van der Waals surface area contributed by atoms with Gasteiger partial charge >= 0.3 is 0 Å². The van der Waals surface area contributed by atoms with E-state index in [0.717, 1.165) is 26.2 Å². The van der Waals surface area contributed by atoms with Gasteiger partial charge in [0.15, 0.2) is 0 Å². The van der Waals surface area contributed by atoms with Gasteiger partial charge in [-0.2, -0.15) is 0 Å². The second-order valence-corrected chi connectivity index (χ2v) is 6.67. The molecule has 0 aliphatic carbocycles. The highest BCUT2D eigenvalue weighted by Gasteiger charge is 2.31. The van der Waals surface area contributed by atoms with Gasteiger partial charge in [-0.1, -0.05) is 24.3 Å². The zero-order chi connectivity index (χ0) is 14.8. The van der Waals surface area contributed by atoms with Crippen molar-refractivity contribution in [2.45, 2.75) is 32.4 Å². The lowest BCUT2D eigenvalue weighted by Crippen LogP contribution is -2.58. The number of hydrogen-bond acceptors (Lipinski definition) is 3. The molecule has 0 amide bonds. The van der Waals surface area contributed by atoms with Crippen LogP contribution in [0.5, 0.6) is 0 Å². The van der Waals surface area contributed by atoms with Gasteiger partial charge in [0.1, 0.15) is 0 Å². The summed E-state index contributed by atoms with van der Waals surface area (Å²) in [7, 11) is 4.30. The van der Waals surface area contributed by atoms with Gasteiger partial charge in [0.2, 0.25) is 0 Å². The molecule has 0 saturated carbocycles. The van der Waals surface area contributed by atoms with E-state index in [2.05, 4.69) is 74.2 Å². The minimum Gasteiger partial charge on any atom is -0.312 e. The molecule has 2 rings (SSSR count). The van der Waals surface area contributed by atoms with Crippen molar-refractivity contribution in [2.75, 3.05) is 40.3 Å². The van der Waals surface area contributed by atoms with Crippen molar-refractivity contribution < 1.29 is 0 Å². The van der Waals surface area contributed by atoms with E-state index in [4.69, 9.17) is 0 Å². The Bertz CT molecular complexity index is 442. The van der Waals surface area contributed by atoms with Crippen LogP contribution in [-0.4, -0.2) is 55.6 Å². The third-order valence-corrected chi connectivity index (χ3v) is 4.75. The monoisotopic (exact) mass is 275 g/mol. The van der Waals surface area contributed by atoms with Crippen LogP contribution < -0.4 is 5.32 Å². The quantitative estimate of drug-likeness (QED) is 0.909. The summed E-state index contributed by atoms with van der Waals surface area (Å²) in [5.74, 6) is 0. The molecular weight excluding hydrogens is 246 g/mol. The predicted octanol–water partition coefficient (Wildman–Crippen LogP) is 2.28. The third kappa shape index (κ3) is 3.40. The summed E-state index contributed by atoms with van der Waals surface area (Å²) in [6, 6.07) is 9.12. The zero-order valence-electron chi connectivity index (χ0n) is 13.6. The van der Waals surface area contributed by atoms with Crippen LogP contribution in [0, 0.1) is 6.92 Å². The molecule has 112 valence electrons. The number of hydrogen-bond donors (Lipinski definition) is 1. The van der Waals surface area contributed by atoms with Gasteiger partial charge in [-0.3, -0.25) is 9.80 Å². The summed E-state index contributed by atoms with van der Waals surface area (Å²) < 4.78 is 0. The summed E-state index contributed by atoms with van der Waals surface area (Å²) in [4.78, 5) is 5.05. The maximum absolute atomic E-state index is 3.49. The van der Waals surface area contributed by atoms with Gasteiger partial charge in [-0.25, -0.2) is 0 Å². The fourth-order valence-corrected chi connectivity index (χ4v) is 3.08. The van der Waals surface area contributed by atoms with Crippen LogP contribution in [0.3, 0.4) is 0 Å². The van der Waals surface area contributed by atoms with Crippen LogP contribution in [0.1, 0.15) is 31.0 Å². The molecule has 1 heterocycles. The molecule has 20 heavy (non-hydrogen) atoms. The molecule has 1 aromatic carbocycles. The summed E-state index contributed by atoms with van der Waals surface area (Å²) in [5.41, 5.74) is 3.06. The van der Waals surface area contributed by atoms with Crippen molar-refractivity contribution in [1.29, 1.82) is 0 Å². The van der Waals surface area contributed by atoms with Crippen molar-refractivity contribution >= 4 is 0 Å². The van der Waals surface area contributed by atoms with Gasteiger partial charge in [-0.05, 0) is 46.0 Å². The molecule has 0 aromatic heterocycles. The number of benzene rings is 1. The number of nitrogens with one attached hydrogen (secondary N) is 1. The van der Waals surface area contributed by atoms with E-state index in [9.17, 15) is 0 Å². The number of rotatable bonds is 4. The van der Waals surface area contributed by atoms with Crippen molar-refractivity contribution in [3.05, 3.63) is 35.4 Å². The highest BCUT2D eigenvalue weighted by Crippen LogP contribution is 2.23. The lowest BCUT2D eigenvalue weighted by Gasteiger charge is -2.46. The molecule has 3 heteroatoms. The first-order valence-electron chi connectivity index (χ1n) is 7.60. The maximum atomic E-state index is 3.49. The van der Waals surface area contributed by atoms with Crippen molar-refractivity contribution in [3.8, 4) is 0 Å². The van der Waals surface area contributed by atoms with Gasteiger partial charge in [0.05, 0.1) is 0 Å². The Morgan fingerprint density at radius 3 is 2.55 bits per heavy atom. The Kier molecular flexibility index (Phi) is 4.84. The van der Waals surface area contributed by atoms with Crippen LogP contribution in [0.2, 0.25) is 0 Å². The molecule has 1 saturated heterocycles. The van der Waals surface area contributed by atoms with Crippen LogP contribution in [-0.2, 0) is 0 Å². The second-order valence-electron chi connectivity index (χ2n) is 6.67. The molecule has 0 bridgehead atoms. The molecule has 0 radical (unpaired) electrons. The highest BCUT2D eigenvalue weighted by molar-refractivity contribution is 5.29. The zero-order valence-corrected chi connectivity index (χ0v) is 13.6. The Labute approximate surface area is 124 Å². The average molecular weight is 275 g/mol. The summed E-state index contributed by atoms with van der Waals surface area (Å²) in [6.45, 7) is 11.4. The second kappa shape index (κ2) is 6.25. The topological polar surface area (TPSA) is 18.5 Å². The van der Waals surface area contributed by atoms with E-state index in [-0.39, 0.29) is 5.54 Å². The average Bonchev–Trinajstić information content (AvgIpc) is 2.41. The highest BCUT2D eigenvalue weighted by atomic mass is 15.3. The molecule has 1 N–H and O–H groups in total. The predicted molar refractivity (Wildman–Crippen MR) is 86.1 cm³/mol. The van der Waals surface area contributed by atoms with Crippen LogP contribution in [0.15, 0.2) is 24.3 Å². The van der Waals surface area contributed by atoms with Crippen LogP contribution in [0.25, 0.3) is 0 Å². The van der Waals surface area contributed by atoms with E-state index in [1.165, 1.54) is 11.1 Å². The van der Waals surface area contributed by atoms with Gasteiger partial charge in [0, 0.05) is 37.8 Å². The third-order valence-electron chi connectivity index (χ3n) is 4.75. The normalized spacial score (nSPS) is 21.9. The fraction of sp³-hybridized carbons (Fsp3) is 0.647. The number of likely N-dealkylation sites (N-methyl/N-ethyl adjacent to an activating group) is 2. The van der Waals surface area contributed by atoms with Crippen molar-refractivity contribution in [3.63, 3.8) is 0 Å². The van der Waals surface area contributed by atoms with E-state index < -0.39 is 0 Å². The Balaban J connectivity index is 2.06. The SMILES string of the molecule is CNC(CN1CCN(C)C(C)(C)C1)c1ccccc1C. The lowest BCUT2D eigenvalue weighted by atomic mass is 9.97. The first-order valence-corrected chi connectivity index (χ1v) is 7.60. The van der Waals surface area contributed by atoms with Crippen molar-refractivity contribution in [1.82, 2.24) is 15.1 Å². The molecule has 1 aliphatic rings. The molecule has 1 fully saturated rings. The molecule has 1 unspecified atom stereocenters. The minimum absolute atomic E-state index is 0.266. The van der Waals surface area contributed by atoms with Crippen LogP contribution in [0.4, 0.5) is 0 Å². The van der Waals surface area contributed by atoms with Gasteiger partial charge in [0.25, 0.3) is 0 Å². The standard InChI is InChI=1S/C17H29N3/c1-14-8-6-7-9-15(14)16(18-4)12-20-11-10-19(5)17(2,3)13-20/h6-9,16,18H,10-13H2,1-5H3. The van der Waals surface area contributed by atoms with E-state index in [0.29, 0.717) is 6.04 Å². The van der Waals surface area contributed by atoms with E-state index in [1.807, 2.05) is 0 Å². The minimum atomic E-state index is 0.266. The molecule has 0 spiro atoms. The smallest absolute Gasteiger partial charge is 0.0449 e. The molecular formula is C17H29N3. The Morgan fingerprint density at radius 2 is 1.95 bits per heavy atom. The largest absolute Gasteiger partial charge is 0.312 e. The van der Waals surface area contributed by atoms with Gasteiger partial charge in [-0.15, -0.1) is 0 Å². The summed E-state index contributed by atoms with van der Waals surface area (Å²) in [6.07, 6.45) is 0. The van der Waals surface area contributed by atoms with E-state index >= 15 is 0 Å². The summed E-state index contributed by atoms with van der Waals surface area (Å²) >= 11 is 0. The molecule has 1 aromatic rings. The Hall–Kier alpha value is -0.900. The lowest BCUT2D eigenvalue weighted by molar-refractivity contribution is 0.0355. The van der Waals surface area contributed by atoms with Crippen molar-refractivity contribution in [2.24, 2.45) is 0 Å². The number of aryl methyl sites for hydroxylation is 1. The van der Waals surface area contributed by atoms with Gasteiger partial charge < -0.3 is 5.32 Å². The Morgan fingerprint density at radius 1 is 1.25 bits per heavy atom. The first-order chi connectivity index (χ1) is 9.44. The summed E-state index contributed by atoms with van der Waals surface area (Å²) in [5, 5.41) is 3.49. The number of piperazine rings is 1. The number of nitrogens with zero attached hydrogens (tertiary/aromatic N) is 2. The maximum Gasteiger partial charge on any atom is 0.0449 e. The fourth-order valence-electron chi connectivity index (χ4n) is 3.08. The molecule has 1 atom stereocenters.